The first-order chi connectivity index (χ1) is 8.11. The number of hydrogen-bond acceptors (Lipinski definition) is 3. The van der Waals surface area contributed by atoms with E-state index in [0.717, 1.165) is 5.56 Å². The number of carbonyl (C=O) groups excluding carboxylic acids is 2. The van der Waals surface area contributed by atoms with E-state index in [0.29, 0.717) is 18.1 Å². The van der Waals surface area contributed by atoms with E-state index in [-0.39, 0.29) is 24.6 Å². The van der Waals surface area contributed by atoms with E-state index >= 15 is 0 Å². The summed E-state index contributed by atoms with van der Waals surface area (Å²) < 4.78 is 4.75. The van der Waals surface area contributed by atoms with E-state index in [1.807, 2.05) is 12.1 Å². The highest BCUT2D eigenvalue weighted by Gasteiger charge is 2.08. The maximum Gasteiger partial charge on any atom is 0.306 e. The van der Waals surface area contributed by atoms with Crippen LogP contribution in [0.15, 0.2) is 24.3 Å². The van der Waals surface area contributed by atoms with Crippen LogP contribution in [0, 0.1) is 0 Å². The summed E-state index contributed by atoms with van der Waals surface area (Å²) in [6.07, 6.45) is 0.707. The highest BCUT2D eigenvalue weighted by molar-refractivity contribution is 6.30. The van der Waals surface area contributed by atoms with Crippen LogP contribution in [0.4, 0.5) is 0 Å². The predicted octanol–water partition coefficient (Wildman–Crippen LogP) is 2.79. The molecule has 17 heavy (non-hydrogen) atoms. The minimum absolute atomic E-state index is 0.0281. The van der Waals surface area contributed by atoms with Crippen molar-refractivity contribution in [2.75, 3.05) is 6.61 Å². The summed E-state index contributed by atoms with van der Waals surface area (Å²) in [6.45, 7) is 2.09. The van der Waals surface area contributed by atoms with Gasteiger partial charge in [0, 0.05) is 17.9 Å². The fraction of sp³-hybridized carbons (Fsp3) is 0.385. The van der Waals surface area contributed by atoms with Gasteiger partial charge in [-0.15, -0.1) is 0 Å². The molecule has 3 nitrogen and oxygen atoms in total. The van der Waals surface area contributed by atoms with Gasteiger partial charge in [-0.1, -0.05) is 23.7 Å². The molecule has 0 aliphatic heterocycles. The fourth-order valence-corrected chi connectivity index (χ4v) is 1.52. The highest BCUT2D eigenvalue weighted by Crippen LogP contribution is 2.11. The molecule has 0 aliphatic rings. The van der Waals surface area contributed by atoms with E-state index in [1.165, 1.54) is 0 Å². The summed E-state index contributed by atoms with van der Waals surface area (Å²) in [4.78, 5) is 22.6. The zero-order valence-electron chi connectivity index (χ0n) is 9.74. The van der Waals surface area contributed by atoms with E-state index in [4.69, 9.17) is 16.3 Å². The van der Waals surface area contributed by atoms with Gasteiger partial charge < -0.3 is 4.74 Å². The van der Waals surface area contributed by atoms with E-state index < -0.39 is 0 Å². The lowest BCUT2D eigenvalue weighted by Crippen LogP contribution is -2.09. The van der Waals surface area contributed by atoms with Gasteiger partial charge in [-0.2, -0.15) is 0 Å². The predicted molar refractivity (Wildman–Crippen MR) is 66.0 cm³/mol. The Labute approximate surface area is 106 Å². The minimum atomic E-state index is -0.322. The van der Waals surface area contributed by atoms with Gasteiger partial charge >= 0.3 is 5.97 Å². The lowest BCUT2D eigenvalue weighted by atomic mass is 10.1. The average Bonchev–Trinajstić information content (AvgIpc) is 2.30. The van der Waals surface area contributed by atoms with Crippen molar-refractivity contribution in [2.24, 2.45) is 0 Å². The Kier molecular flexibility index (Phi) is 5.70. The van der Waals surface area contributed by atoms with Crippen molar-refractivity contribution in [1.82, 2.24) is 0 Å². The zero-order chi connectivity index (χ0) is 12.7. The number of benzene rings is 1. The van der Waals surface area contributed by atoms with Gasteiger partial charge in [0.2, 0.25) is 0 Å². The number of ether oxygens (including phenoxy) is 1. The van der Waals surface area contributed by atoms with Crippen LogP contribution in [0.1, 0.15) is 25.3 Å². The molecule has 1 aromatic rings. The first-order valence-electron chi connectivity index (χ1n) is 5.53. The molecule has 0 N–H and O–H groups in total. The Bertz CT molecular complexity index is 384. The second-order valence-electron chi connectivity index (χ2n) is 3.65. The minimum Gasteiger partial charge on any atom is -0.466 e. The van der Waals surface area contributed by atoms with Crippen LogP contribution in [-0.2, 0) is 20.7 Å². The molecule has 0 bridgehead atoms. The van der Waals surface area contributed by atoms with Crippen molar-refractivity contribution in [2.45, 2.75) is 26.2 Å². The van der Waals surface area contributed by atoms with Crippen LogP contribution in [0.3, 0.4) is 0 Å². The third-order valence-electron chi connectivity index (χ3n) is 2.23. The molecule has 0 saturated heterocycles. The molecule has 0 saturated carbocycles. The van der Waals surface area contributed by atoms with E-state index in [1.54, 1.807) is 19.1 Å². The zero-order valence-corrected chi connectivity index (χ0v) is 10.5. The lowest BCUT2D eigenvalue weighted by molar-refractivity contribution is -0.144. The molecule has 0 aromatic heterocycles. The van der Waals surface area contributed by atoms with Gasteiger partial charge in [0.15, 0.2) is 0 Å². The largest absolute Gasteiger partial charge is 0.466 e. The van der Waals surface area contributed by atoms with Crippen molar-refractivity contribution in [3.05, 3.63) is 34.9 Å². The van der Waals surface area contributed by atoms with E-state index in [9.17, 15) is 9.59 Å². The van der Waals surface area contributed by atoms with Crippen molar-refractivity contribution < 1.29 is 14.3 Å². The van der Waals surface area contributed by atoms with Crippen molar-refractivity contribution >= 4 is 23.4 Å². The van der Waals surface area contributed by atoms with Crippen LogP contribution < -0.4 is 0 Å². The third-order valence-corrected chi connectivity index (χ3v) is 2.48. The Morgan fingerprint density at radius 1 is 1.18 bits per heavy atom. The second kappa shape index (κ2) is 7.07. The maximum atomic E-state index is 11.6. The topological polar surface area (TPSA) is 43.4 Å². The number of carbonyl (C=O) groups is 2. The molecule has 0 fully saturated rings. The number of ketones is 1. The Morgan fingerprint density at radius 2 is 1.82 bits per heavy atom. The Hall–Kier alpha value is -1.35. The SMILES string of the molecule is CCOC(=O)CCC(=O)Cc1ccc(Cl)cc1. The van der Waals surface area contributed by atoms with Crippen LogP contribution in [-0.4, -0.2) is 18.4 Å². The first-order valence-corrected chi connectivity index (χ1v) is 5.91. The summed E-state index contributed by atoms with van der Waals surface area (Å²) in [6, 6.07) is 7.11. The summed E-state index contributed by atoms with van der Waals surface area (Å²) in [5.74, 6) is -0.294. The van der Waals surface area contributed by atoms with Gasteiger partial charge in [-0.3, -0.25) is 9.59 Å². The molecule has 0 unspecified atom stereocenters. The number of rotatable bonds is 6. The monoisotopic (exact) mass is 254 g/mol. The molecular formula is C13H15ClO3. The molecule has 0 amide bonds. The van der Waals surface area contributed by atoms with Crippen LogP contribution in [0.5, 0.6) is 0 Å². The molecule has 92 valence electrons. The molecule has 0 radical (unpaired) electrons. The number of halogens is 1. The summed E-state index contributed by atoms with van der Waals surface area (Å²) >= 11 is 5.74. The number of hydrogen-bond donors (Lipinski definition) is 0. The Morgan fingerprint density at radius 3 is 2.41 bits per heavy atom. The molecule has 0 atom stereocenters. The molecule has 0 aliphatic carbocycles. The van der Waals surface area contributed by atoms with Crippen molar-refractivity contribution in [1.29, 1.82) is 0 Å². The molecule has 1 aromatic carbocycles. The molecule has 4 heteroatoms. The van der Waals surface area contributed by atoms with Crippen LogP contribution in [0.25, 0.3) is 0 Å². The fourth-order valence-electron chi connectivity index (χ4n) is 1.39. The van der Waals surface area contributed by atoms with Crippen LogP contribution in [0.2, 0.25) is 5.02 Å². The maximum absolute atomic E-state index is 11.6. The quantitative estimate of drug-likeness (QED) is 0.733. The summed E-state index contributed by atoms with van der Waals surface area (Å²) in [5.41, 5.74) is 0.906. The third kappa shape index (κ3) is 5.50. The smallest absolute Gasteiger partial charge is 0.306 e. The molecule has 1 rings (SSSR count). The molecular weight excluding hydrogens is 240 g/mol. The van der Waals surface area contributed by atoms with Gasteiger partial charge in [0.1, 0.15) is 5.78 Å². The Balaban J connectivity index is 2.34. The molecule has 0 spiro atoms. The number of esters is 1. The summed E-state index contributed by atoms with van der Waals surface area (Å²) in [7, 11) is 0. The van der Waals surface area contributed by atoms with Crippen LogP contribution >= 0.6 is 11.6 Å². The van der Waals surface area contributed by atoms with Crippen molar-refractivity contribution in [3.63, 3.8) is 0 Å². The van der Waals surface area contributed by atoms with E-state index in [2.05, 4.69) is 0 Å². The second-order valence-corrected chi connectivity index (χ2v) is 4.08. The first kappa shape index (κ1) is 13.7. The molecule has 0 heterocycles. The van der Waals surface area contributed by atoms with Gasteiger partial charge in [0.25, 0.3) is 0 Å². The summed E-state index contributed by atoms with van der Waals surface area (Å²) in [5, 5.41) is 0.646. The van der Waals surface area contributed by atoms with Gasteiger partial charge in [-0.05, 0) is 24.6 Å². The lowest BCUT2D eigenvalue weighted by Gasteiger charge is -2.02. The average molecular weight is 255 g/mol. The van der Waals surface area contributed by atoms with Crippen molar-refractivity contribution in [3.8, 4) is 0 Å². The van der Waals surface area contributed by atoms with Gasteiger partial charge in [0.05, 0.1) is 13.0 Å². The highest BCUT2D eigenvalue weighted by atomic mass is 35.5. The standard InChI is InChI=1S/C13H15ClO3/c1-2-17-13(16)8-7-12(15)9-10-3-5-11(14)6-4-10/h3-6H,2,7-9H2,1H3. The van der Waals surface area contributed by atoms with Gasteiger partial charge in [-0.25, -0.2) is 0 Å². The number of Topliss-reactive ketones (excluding diaryl/α,β-unsaturated/α-hetero) is 1. The normalized spacial score (nSPS) is 10.0.